The number of halogens is 1. The van der Waals surface area contributed by atoms with E-state index in [2.05, 4.69) is 26.2 Å². The average molecular weight is 305 g/mol. The van der Waals surface area contributed by atoms with E-state index in [9.17, 15) is 4.79 Å². The van der Waals surface area contributed by atoms with Gasteiger partial charge in [-0.2, -0.15) is 0 Å². The first kappa shape index (κ1) is 12.0. The average Bonchev–Trinajstić information content (AvgIpc) is 2.87. The minimum Gasteiger partial charge on any atom is -0.378 e. The van der Waals surface area contributed by atoms with Gasteiger partial charge in [0.05, 0.1) is 16.1 Å². The lowest BCUT2D eigenvalue weighted by Crippen LogP contribution is -2.15. The van der Waals surface area contributed by atoms with Gasteiger partial charge >= 0.3 is 0 Å². The third-order valence-electron chi connectivity index (χ3n) is 2.44. The van der Waals surface area contributed by atoms with Crippen LogP contribution in [-0.4, -0.2) is 23.6 Å². The lowest BCUT2D eigenvalue weighted by molar-refractivity contribution is -0.116. The summed E-state index contributed by atoms with van der Waals surface area (Å²) in [5.74, 6) is 0.0114. The molecule has 2 rings (SSSR count). The smallest absolute Gasteiger partial charge is 0.226 e. The van der Waals surface area contributed by atoms with Gasteiger partial charge in [0.25, 0.3) is 0 Å². The number of rotatable bonds is 4. The van der Waals surface area contributed by atoms with Gasteiger partial charge in [0, 0.05) is 13.0 Å². The first-order chi connectivity index (χ1) is 7.74. The second-order valence-electron chi connectivity index (χ2n) is 3.69. The van der Waals surface area contributed by atoms with Crippen LogP contribution in [0.2, 0.25) is 0 Å². The van der Waals surface area contributed by atoms with Gasteiger partial charge in [0.2, 0.25) is 5.91 Å². The molecular formula is C10H13BrN2O2S. The van der Waals surface area contributed by atoms with E-state index in [1.807, 2.05) is 0 Å². The molecule has 1 amide bonds. The van der Waals surface area contributed by atoms with Crippen molar-refractivity contribution in [1.29, 1.82) is 0 Å². The third-order valence-corrected chi connectivity index (χ3v) is 3.83. The van der Waals surface area contributed by atoms with Crippen LogP contribution in [0.4, 0.5) is 5.13 Å². The molecule has 0 bridgehead atoms. The van der Waals surface area contributed by atoms with Crippen LogP contribution in [-0.2, 0) is 9.53 Å². The first-order valence-corrected chi connectivity index (χ1v) is 6.88. The third kappa shape index (κ3) is 3.54. The lowest BCUT2D eigenvalue weighted by Gasteiger charge is -2.07. The summed E-state index contributed by atoms with van der Waals surface area (Å²) in [6, 6.07) is 0. The fraction of sp³-hybridized carbons (Fsp3) is 0.600. The minimum atomic E-state index is 0.0114. The van der Waals surface area contributed by atoms with Gasteiger partial charge < -0.3 is 10.1 Å². The SMILES string of the molecule is O=C(CCC1CCCO1)Nc1ncc(Br)s1. The number of carbonyl (C=O) groups excluding carboxylic acids is 1. The second-order valence-corrected chi connectivity index (χ2v) is 6.10. The van der Waals surface area contributed by atoms with Crippen molar-refractivity contribution < 1.29 is 9.53 Å². The van der Waals surface area contributed by atoms with E-state index < -0.39 is 0 Å². The Kier molecular flexibility index (Phi) is 4.31. The molecule has 6 heteroatoms. The highest BCUT2D eigenvalue weighted by molar-refractivity contribution is 9.11. The van der Waals surface area contributed by atoms with Crippen LogP contribution in [0.5, 0.6) is 0 Å². The molecule has 16 heavy (non-hydrogen) atoms. The molecule has 0 spiro atoms. The molecule has 1 atom stereocenters. The van der Waals surface area contributed by atoms with Gasteiger partial charge in [-0.3, -0.25) is 4.79 Å². The van der Waals surface area contributed by atoms with E-state index in [1.165, 1.54) is 11.3 Å². The zero-order valence-corrected chi connectivity index (χ0v) is 11.1. The Morgan fingerprint density at radius 3 is 3.25 bits per heavy atom. The molecule has 88 valence electrons. The molecule has 4 nitrogen and oxygen atoms in total. The van der Waals surface area contributed by atoms with Crippen LogP contribution < -0.4 is 5.32 Å². The number of ether oxygens (including phenoxy) is 1. The first-order valence-electron chi connectivity index (χ1n) is 5.27. The number of thiazole rings is 1. The van der Waals surface area contributed by atoms with Crippen LogP contribution in [0.1, 0.15) is 25.7 Å². The minimum absolute atomic E-state index is 0.0114. The number of amides is 1. The largest absolute Gasteiger partial charge is 0.378 e. The Labute approximate surface area is 107 Å². The second kappa shape index (κ2) is 5.75. The van der Waals surface area contributed by atoms with Crippen molar-refractivity contribution in [2.75, 3.05) is 11.9 Å². The van der Waals surface area contributed by atoms with Crippen molar-refractivity contribution in [3.05, 3.63) is 9.98 Å². The van der Waals surface area contributed by atoms with E-state index >= 15 is 0 Å². The molecule has 0 saturated carbocycles. The van der Waals surface area contributed by atoms with Crippen molar-refractivity contribution in [2.24, 2.45) is 0 Å². The number of nitrogens with zero attached hydrogens (tertiary/aromatic N) is 1. The highest BCUT2D eigenvalue weighted by atomic mass is 79.9. The Hall–Kier alpha value is -0.460. The highest BCUT2D eigenvalue weighted by Crippen LogP contribution is 2.23. The standard InChI is InChI=1S/C10H13BrN2O2S/c11-8-6-12-10(16-8)13-9(14)4-3-7-2-1-5-15-7/h6-7H,1-5H2,(H,12,13,14). The van der Waals surface area contributed by atoms with E-state index in [1.54, 1.807) is 6.20 Å². The van der Waals surface area contributed by atoms with Crippen molar-refractivity contribution >= 4 is 38.3 Å². The van der Waals surface area contributed by atoms with Crippen LogP contribution in [0.25, 0.3) is 0 Å². The van der Waals surface area contributed by atoms with E-state index in [4.69, 9.17) is 4.74 Å². The van der Waals surface area contributed by atoms with Crippen molar-refractivity contribution in [2.45, 2.75) is 31.8 Å². The van der Waals surface area contributed by atoms with Gasteiger partial charge in [0.1, 0.15) is 0 Å². The Morgan fingerprint density at radius 2 is 2.62 bits per heavy atom. The quantitative estimate of drug-likeness (QED) is 0.930. The van der Waals surface area contributed by atoms with Crippen LogP contribution in [0, 0.1) is 0 Å². The van der Waals surface area contributed by atoms with E-state index in [0.717, 1.165) is 29.7 Å². The molecule has 1 aliphatic heterocycles. The molecule has 1 aromatic heterocycles. The summed E-state index contributed by atoms with van der Waals surface area (Å²) in [5, 5.41) is 3.41. The number of hydrogen-bond donors (Lipinski definition) is 1. The van der Waals surface area contributed by atoms with Gasteiger partial charge in [-0.25, -0.2) is 4.98 Å². The summed E-state index contributed by atoms with van der Waals surface area (Å²) in [6.07, 6.45) is 5.45. The Bertz CT molecular complexity index is 363. The molecule has 1 saturated heterocycles. The summed E-state index contributed by atoms with van der Waals surface area (Å²) in [7, 11) is 0. The zero-order chi connectivity index (χ0) is 11.4. The molecule has 0 radical (unpaired) electrons. The Morgan fingerprint density at radius 1 is 1.75 bits per heavy atom. The summed E-state index contributed by atoms with van der Waals surface area (Å²) >= 11 is 4.72. The monoisotopic (exact) mass is 304 g/mol. The molecule has 1 aliphatic rings. The summed E-state index contributed by atoms with van der Waals surface area (Å²) in [6.45, 7) is 0.839. The molecule has 1 fully saturated rings. The van der Waals surface area contributed by atoms with Crippen molar-refractivity contribution in [3.8, 4) is 0 Å². The maximum Gasteiger partial charge on any atom is 0.226 e. The molecule has 0 aromatic carbocycles. The molecule has 1 unspecified atom stereocenters. The van der Waals surface area contributed by atoms with Crippen molar-refractivity contribution in [1.82, 2.24) is 4.98 Å². The molecule has 0 aliphatic carbocycles. The fourth-order valence-corrected chi connectivity index (χ4v) is 2.78. The fourth-order valence-electron chi connectivity index (χ4n) is 1.66. The normalized spacial score (nSPS) is 19.9. The van der Waals surface area contributed by atoms with Gasteiger partial charge in [-0.1, -0.05) is 11.3 Å². The number of nitrogens with one attached hydrogen (secondary N) is 1. The maximum absolute atomic E-state index is 11.6. The molecule has 2 heterocycles. The van der Waals surface area contributed by atoms with Gasteiger partial charge in [-0.05, 0) is 35.2 Å². The summed E-state index contributed by atoms with van der Waals surface area (Å²) in [4.78, 5) is 15.6. The van der Waals surface area contributed by atoms with Crippen LogP contribution >= 0.6 is 27.3 Å². The maximum atomic E-state index is 11.6. The van der Waals surface area contributed by atoms with E-state index in [0.29, 0.717) is 11.6 Å². The number of hydrogen-bond acceptors (Lipinski definition) is 4. The predicted octanol–water partition coefficient (Wildman–Crippen LogP) is 2.80. The lowest BCUT2D eigenvalue weighted by atomic mass is 10.1. The summed E-state index contributed by atoms with van der Waals surface area (Å²) in [5.41, 5.74) is 0. The van der Waals surface area contributed by atoms with Crippen LogP contribution in [0.3, 0.4) is 0 Å². The molecule has 1 N–H and O–H groups in total. The Balaban J connectivity index is 1.71. The van der Waals surface area contributed by atoms with Gasteiger partial charge in [-0.15, -0.1) is 0 Å². The van der Waals surface area contributed by atoms with Gasteiger partial charge in [0.15, 0.2) is 5.13 Å². The van der Waals surface area contributed by atoms with Crippen molar-refractivity contribution in [3.63, 3.8) is 0 Å². The molecular weight excluding hydrogens is 292 g/mol. The highest BCUT2D eigenvalue weighted by Gasteiger charge is 2.16. The molecule has 1 aromatic rings. The van der Waals surface area contributed by atoms with E-state index in [-0.39, 0.29) is 12.0 Å². The predicted molar refractivity (Wildman–Crippen MR) is 66.7 cm³/mol. The topological polar surface area (TPSA) is 51.2 Å². The number of anilines is 1. The number of carbonyl (C=O) groups is 1. The number of aromatic nitrogens is 1. The zero-order valence-electron chi connectivity index (χ0n) is 8.74. The van der Waals surface area contributed by atoms with Crippen LogP contribution in [0.15, 0.2) is 9.98 Å². The summed E-state index contributed by atoms with van der Waals surface area (Å²) < 4.78 is 6.38.